The molecule has 3 nitrogen and oxygen atoms in total. The molecule has 0 saturated heterocycles. The first-order valence-electron chi connectivity index (χ1n) is 4.50. The van der Waals surface area contributed by atoms with E-state index in [1.807, 2.05) is 0 Å². The second-order valence-corrected chi connectivity index (χ2v) is 3.68. The first-order valence-corrected chi connectivity index (χ1v) is 5.26. The fourth-order valence-corrected chi connectivity index (χ4v) is 1.71. The minimum absolute atomic E-state index is 0.243. The van der Waals surface area contributed by atoms with Crippen LogP contribution in [0.2, 0.25) is 10.3 Å². The zero-order chi connectivity index (χ0) is 10.6. The van der Waals surface area contributed by atoms with Crippen LogP contribution in [-0.2, 0) is 13.0 Å². The minimum atomic E-state index is -0.243. The summed E-state index contributed by atoms with van der Waals surface area (Å²) in [4.78, 5) is 7.85. The Labute approximate surface area is 93.1 Å². The van der Waals surface area contributed by atoms with Crippen LogP contribution in [0, 0.1) is 0 Å². The lowest BCUT2D eigenvalue weighted by molar-refractivity contribution is 0.271. The average Bonchev–Trinajstić information content (AvgIpc) is 2.16. The number of unbranched alkanes of at least 4 members (excludes halogenated alkanes) is 1. The van der Waals surface area contributed by atoms with Crippen molar-refractivity contribution in [3.8, 4) is 0 Å². The maximum Gasteiger partial charge on any atom is 0.157 e. The molecule has 0 radical (unpaired) electrons. The van der Waals surface area contributed by atoms with Gasteiger partial charge in [-0.05, 0) is 12.8 Å². The topological polar surface area (TPSA) is 46.0 Å². The van der Waals surface area contributed by atoms with Crippen molar-refractivity contribution in [2.75, 3.05) is 0 Å². The summed E-state index contributed by atoms with van der Waals surface area (Å²) in [5, 5.41) is 9.51. The highest BCUT2D eigenvalue weighted by Crippen LogP contribution is 2.23. The van der Waals surface area contributed by atoms with E-state index in [0.29, 0.717) is 10.3 Å². The van der Waals surface area contributed by atoms with Gasteiger partial charge in [0.05, 0.1) is 0 Å². The molecule has 0 unspecified atom stereocenters. The second kappa shape index (κ2) is 5.49. The zero-order valence-corrected chi connectivity index (χ0v) is 9.44. The normalized spacial score (nSPS) is 10.6. The van der Waals surface area contributed by atoms with Crippen LogP contribution in [0.25, 0.3) is 0 Å². The van der Waals surface area contributed by atoms with E-state index in [1.54, 1.807) is 0 Å². The zero-order valence-electron chi connectivity index (χ0n) is 7.93. The van der Waals surface area contributed by atoms with Gasteiger partial charge in [0, 0.05) is 5.56 Å². The van der Waals surface area contributed by atoms with Gasteiger partial charge in [-0.2, -0.15) is 0 Å². The van der Waals surface area contributed by atoms with E-state index in [0.717, 1.165) is 24.8 Å². The summed E-state index contributed by atoms with van der Waals surface area (Å²) in [6.45, 7) is 1.85. The van der Waals surface area contributed by atoms with Crippen LogP contribution in [0.15, 0.2) is 0 Å². The third-order valence-electron chi connectivity index (χ3n) is 1.87. The van der Waals surface area contributed by atoms with Crippen molar-refractivity contribution < 1.29 is 5.11 Å². The Morgan fingerprint density at radius 1 is 1.21 bits per heavy atom. The molecule has 1 rings (SSSR count). The SMILES string of the molecule is CCCCc1c(Cl)nc(CO)nc1Cl. The molecule has 0 aromatic carbocycles. The summed E-state index contributed by atoms with van der Waals surface area (Å²) >= 11 is 11.8. The minimum Gasteiger partial charge on any atom is -0.388 e. The molecule has 1 aromatic rings. The average molecular weight is 235 g/mol. The molecule has 1 heterocycles. The van der Waals surface area contributed by atoms with Crippen molar-refractivity contribution in [3.05, 3.63) is 21.7 Å². The summed E-state index contributed by atoms with van der Waals surface area (Å²) < 4.78 is 0. The highest BCUT2D eigenvalue weighted by atomic mass is 35.5. The molecule has 0 amide bonds. The highest BCUT2D eigenvalue weighted by Gasteiger charge is 2.10. The molecular weight excluding hydrogens is 223 g/mol. The first-order chi connectivity index (χ1) is 6.69. The Morgan fingerprint density at radius 3 is 2.21 bits per heavy atom. The summed E-state index contributed by atoms with van der Waals surface area (Å²) in [5.41, 5.74) is 0.771. The van der Waals surface area contributed by atoms with Crippen molar-refractivity contribution in [1.82, 2.24) is 9.97 Å². The Bertz CT molecular complexity index is 295. The van der Waals surface area contributed by atoms with Crippen LogP contribution in [0.5, 0.6) is 0 Å². The molecule has 0 aliphatic rings. The molecule has 78 valence electrons. The Kier molecular flexibility index (Phi) is 4.58. The molecule has 0 aliphatic heterocycles. The van der Waals surface area contributed by atoms with E-state index in [-0.39, 0.29) is 12.4 Å². The number of hydrogen-bond acceptors (Lipinski definition) is 3. The van der Waals surface area contributed by atoms with Gasteiger partial charge in [0.25, 0.3) is 0 Å². The largest absolute Gasteiger partial charge is 0.388 e. The van der Waals surface area contributed by atoms with Crippen LogP contribution in [0.1, 0.15) is 31.2 Å². The molecule has 5 heteroatoms. The monoisotopic (exact) mass is 234 g/mol. The molecule has 0 saturated carbocycles. The van der Waals surface area contributed by atoms with Crippen molar-refractivity contribution in [2.24, 2.45) is 0 Å². The lowest BCUT2D eigenvalue weighted by atomic mass is 10.1. The van der Waals surface area contributed by atoms with Gasteiger partial charge in [-0.25, -0.2) is 9.97 Å². The van der Waals surface area contributed by atoms with Crippen molar-refractivity contribution in [2.45, 2.75) is 32.8 Å². The molecule has 14 heavy (non-hydrogen) atoms. The molecule has 1 N–H and O–H groups in total. The van der Waals surface area contributed by atoms with Crippen molar-refractivity contribution >= 4 is 23.2 Å². The van der Waals surface area contributed by atoms with Gasteiger partial charge in [0.15, 0.2) is 5.82 Å². The number of halogens is 2. The van der Waals surface area contributed by atoms with Gasteiger partial charge in [0.1, 0.15) is 16.9 Å². The van der Waals surface area contributed by atoms with E-state index in [9.17, 15) is 0 Å². The number of aliphatic hydroxyl groups excluding tert-OH is 1. The summed E-state index contributed by atoms with van der Waals surface area (Å²) in [6, 6.07) is 0. The van der Waals surface area contributed by atoms with Gasteiger partial charge in [-0.15, -0.1) is 0 Å². The third-order valence-corrected chi connectivity index (χ3v) is 2.50. The number of nitrogens with zero attached hydrogens (tertiary/aromatic N) is 2. The molecule has 0 spiro atoms. The molecular formula is C9H12Cl2N2O. The van der Waals surface area contributed by atoms with Gasteiger partial charge in [-0.3, -0.25) is 0 Å². The lowest BCUT2D eigenvalue weighted by Crippen LogP contribution is -2.00. The number of hydrogen-bond donors (Lipinski definition) is 1. The van der Waals surface area contributed by atoms with Crippen molar-refractivity contribution in [3.63, 3.8) is 0 Å². The van der Waals surface area contributed by atoms with Gasteiger partial charge in [0.2, 0.25) is 0 Å². The Balaban J connectivity index is 2.93. The van der Waals surface area contributed by atoms with Gasteiger partial charge >= 0.3 is 0 Å². The fraction of sp³-hybridized carbons (Fsp3) is 0.556. The van der Waals surface area contributed by atoms with E-state index < -0.39 is 0 Å². The standard InChI is InChI=1S/C9H12Cl2N2O/c1-2-3-4-6-8(10)12-7(5-14)13-9(6)11/h14H,2-5H2,1H3. The number of rotatable bonds is 4. The highest BCUT2D eigenvalue weighted by molar-refractivity contribution is 6.34. The van der Waals surface area contributed by atoms with Crippen LogP contribution in [-0.4, -0.2) is 15.1 Å². The van der Waals surface area contributed by atoms with Crippen molar-refractivity contribution in [1.29, 1.82) is 0 Å². The first kappa shape index (κ1) is 11.7. The van der Waals surface area contributed by atoms with E-state index >= 15 is 0 Å². The van der Waals surface area contributed by atoms with Gasteiger partial charge in [-0.1, -0.05) is 36.5 Å². The maximum absolute atomic E-state index is 8.81. The van der Waals surface area contributed by atoms with Crippen LogP contribution in [0.4, 0.5) is 0 Å². The predicted octanol–water partition coefficient (Wildman–Crippen LogP) is 2.62. The quantitative estimate of drug-likeness (QED) is 0.816. The predicted molar refractivity (Wildman–Crippen MR) is 56.6 cm³/mol. The Hall–Kier alpha value is -0.380. The molecule has 0 bridgehead atoms. The van der Waals surface area contributed by atoms with E-state index in [1.165, 1.54) is 0 Å². The van der Waals surface area contributed by atoms with Crippen LogP contribution in [0.3, 0.4) is 0 Å². The van der Waals surface area contributed by atoms with Crippen LogP contribution < -0.4 is 0 Å². The number of aliphatic hydroxyl groups is 1. The summed E-state index contributed by atoms with van der Waals surface area (Å²) in [6.07, 6.45) is 2.84. The molecule has 0 fully saturated rings. The van der Waals surface area contributed by atoms with E-state index in [2.05, 4.69) is 16.9 Å². The molecule has 0 aliphatic carbocycles. The molecule has 1 aromatic heterocycles. The maximum atomic E-state index is 8.81. The Morgan fingerprint density at radius 2 is 1.79 bits per heavy atom. The van der Waals surface area contributed by atoms with Crippen LogP contribution >= 0.6 is 23.2 Å². The smallest absolute Gasteiger partial charge is 0.157 e. The fourth-order valence-electron chi connectivity index (χ4n) is 1.10. The molecule has 0 atom stereocenters. The number of aromatic nitrogens is 2. The second-order valence-electron chi connectivity index (χ2n) is 2.96. The van der Waals surface area contributed by atoms with Gasteiger partial charge < -0.3 is 5.11 Å². The third kappa shape index (κ3) is 2.80. The summed E-state index contributed by atoms with van der Waals surface area (Å²) in [5.74, 6) is 0.264. The van der Waals surface area contributed by atoms with E-state index in [4.69, 9.17) is 28.3 Å². The lowest BCUT2D eigenvalue weighted by Gasteiger charge is -2.06. The summed E-state index contributed by atoms with van der Waals surface area (Å²) in [7, 11) is 0.